The van der Waals surface area contributed by atoms with E-state index in [1.807, 2.05) is 37.3 Å². The molecule has 0 bridgehead atoms. The zero-order valence-electron chi connectivity index (χ0n) is 16.5. The van der Waals surface area contributed by atoms with Crippen molar-refractivity contribution in [2.24, 2.45) is 0 Å². The van der Waals surface area contributed by atoms with E-state index in [0.717, 1.165) is 45.2 Å². The molecule has 0 fully saturated rings. The molecule has 3 heterocycles. The quantitative estimate of drug-likeness (QED) is 0.335. The Balaban J connectivity index is 1.91. The molecule has 0 radical (unpaired) electrons. The Morgan fingerprint density at radius 3 is 2.86 bits per heavy atom. The second kappa shape index (κ2) is 7.15. The first-order valence-electron chi connectivity index (χ1n) is 9.84. The van der Waals surface area contributed by atoms with Crippen molar-refractivity contribution >= 4 is 39.1 Å². The highest BCUT2D eigenvalue weighted by molar-refractivity contribution is 7.99. The molecule has 29 heavy (non-hydrogen) atoms. The Morgan fingerprint density at radius 2 is 2.10 bits per heavy atom. The van der Waals surface area contributed by atoms with Gasteiger partial charge in [-0.05, 0) is 49.8 Å². The summed E-state index contributed by atoms with van der Waals surface area (Å²) in [6.45, 7) is 8.26. The molecule has 5 nitrogen and oxygen atoms in total. The number of rotatable bonds is 4. The maximum atomic E-state index is 13.8. The van der Waals surface area contributed by atoms with Crippen LogP contribution >= 0.6 is 23.1 Å². The van der Waals surface area contributed by atoms with Gasteiger partial charge in [0.1, 0.15) is 4.83 Å². The molecule has 0 saturated carbocycles. The fourth-order valence-corrected chi connectivity index (χ4v) is 6.43. The van der Waals surface area contributed by atoms with Crippen LogP contribution in [0, 0.1) is 0 Å². The van der Waals surface area contributed by atoms with Crippen LogP contribution in [0.5, 0.6) is 0 Å². The molecule has 1 aromatic carbocycles. The summed E-state index contributed by atoms with van der Waals surface area (Å²) >= 11 is 3.36. The molecule has 0 spiro atoms. The number of hydrogen-bond acceptors (Lipinski definition) is 5. The monoisotopic (exact) mass is 422 g/mol. The Kier molecular flexibility index (Phi) is 4.59. The van der Waals surface area contributed by atoms with E-state index in [9.17, 15) is 4.79 Å². The maximum Gasteiger partial charge on any atom is 0.268 e. The van der Waals surface area contributed by atoms with Crippen LogP contribution in [0.3, 0.4) is 0 Å². The molecule has 7 heteroatoms. The lowest BCUT2D eigenvalue weighted by Crippen LogP contribution is -2.22. The molecule has 0 N–H and O–H groups in total. The van der Waals surface area contributed by atoms with Crippen LogP contribution in [0.1, 0.15) is 43.0 Å². The van der Waals surface area contributed by atoms with Gasteiger partial charge < -0.3 is 0 Å². The average Bonchev–Trinajstić information content (AvgIpc) is 3.29. The van der Waals surface area contributed by atoms with Gasteiger partial charge in [-0.3, -0.25) is 4.79 Å². The third-order valence-electron chi connectivity index (χ3n) is 5.44. The molecule has 5 rings (SSSR count). The lowest BCUT2D eigenvalue weighted by Gasteiger charge is -2.18. The molecule has 0 aliphatic heterocycles. The number of benzene rings is 1. The number of para-hydroxylation sites is 1. The van der Waals surface area contributed by atoms with E-state index in [-0.39, 0.29) is 5.56 Å². The van der Waals surface area contributed by atoms with Crippen LogP contribution in [-0.4, -0.2) is 24.9 Å². The lowest BCUT2D eigenvalue weighted by atomic mass is 9.88. The molecular weight excluding hydrogens is 400 g/mol. The molecule has 4 aromatic rings. The highest BCUT2D eigenvalue weighted by atomic mass is 32.2. The van der Waals surface area contributed by atoms with Crippen LogP contribution in [0.2, 0.25) is 0 Å². The van der Waals surface area contributed by atoms with Gasteiger partial charge >= 0.3 is 0 Å². The van der Waals surface area contributed by atoms with Gasteiger partial charge in [-0.1, -0.05) is 49.0 Å². The number of thiophene rings is 1. The molecule has 0 amide bonds. The van der Waals surface area contributed by atoms with Crippen molar-refractivity contribution < 1.29 is 0 Å². The summed E-state index contributed by atoms with van der Waals surface area (Å²) in [6.07, 6.45) is 3.35. The summed E-state index contributed by atoms with van der Waals surface area (Å²) in [5, 5.41) is 10.5. The molecule has 1 aliphatic carbocycles. The first kappa shape index (κ1) is 18.6. The fraction of sp³-hybridized carbons (Fsp3) is 0.318. The topological polar surface area (TPSA) is 52.2 Å². The van der Waals surface area contributed by atoms with Crippen LogP contribution in [0.25, 0.3) is 21.7 Å². The SMILES string of the molecule is C=C(C)CSc1nnc2n(-c3ccccc3)c(=O)c3c4c(sc3n12)CCC[C@H]4C. The minimum Gasteiger partial charge on any atom is -0.268 e. The third-order valence-corrected chi connectivity index (χ3v) is 7.85. The van der Waals surface area contributed by atoms with E-state index in [4.69, 9.17) is 0 Å². The predicted molar refractivity (Wildman–Crippen MR) is 121 cm³/mol. The number of fused-ring (bicyclic) bond motifs is 5. The zero-order chi connectivity index (χ0) is 20.1. The van der Waals surface area contributed by atoms with Gasteiger partial charge in [-0.15, -0.1) is 21.5 Å². The minimum absolute atomic E-state index is 0.00815. The summed E-state index contributed by atoms with van der Waals surface area (Å²) in [5.41, 5.74) is 3.14. The van der Waals surface area contributed by atoms with Crippen molar-refractivity contribution in [3.05, 3.63) is 63.3 Å². The van der Waals surface area contributed by atoms with E-state index in [2.05, 4.69) is 28.1 Å². The molecule has 1 aliphatic rings. The van der Waals surface area contributed by atoms with E-state index in [1.54, 1.807) is 27.7 Å². The molecular formula is C22H22N4OS2. The number of aromatic nitrogens is 4. The van der Waals surface area contributed by atoms with Crippen LogP contribution in [0.4, 0.5) is 0 Å². The van der Waals surface area contributed by atoms with Gasteiger partial charge in [0.15, 0.2) is 5.16 Å². The van der Waals surface area contributed by atoms with Crippen molar-refractivity contribution in [1.82, 2.24) is 19.2 Å². The number of thioether (sulfide) groups is 1. The lowest BCUT2D eigenvalue weighted by molar-refractivity contribution is 0.601. The van der Waals surface area contributed by atoms with Gasteiger partial charge in [0.2, 0.25) is 5.78 Å². The van der Waals surface area contributed by atoms with Crippen molar-refractivity contribution in [2.45, 2.75) is 44.2 Å². The molecule has 1 atom stereocenters. The highest BCUT2D eigenvalue weighted by Gasteiger charge is 2.28. The van der Waals surface area contributed by atoms with Gasteiger partial charge in [0.05, 0.1) is 11.1 Å². The van der Waals surface area contributed by atoms with Crippen molar-refractivity contribution in [3.63, 3.8) is 0 Å². The fourth-order valence-electron chi connectivity index (χ4n) is 4.14. The van der Waals surface area contributed by atoms with E-state index in [0.29, 0.717) is 11.7 Å². The van der Waals surface area contributed by atoms with Crippen molar-refractivity contribution in [2.75, 3.05) is 5.75 Å². The van der Waals surface area contributed by atoms with E-state index < -0.39 is 0 Å². The largest absolute Gasteiger partial charge is 0.268 e. The Morgan fingerprint density at radius 1 is 1.31 bits per heavy atom. The maximum absolute atomic E-state index is 13.8. The van der Waals surface area contributed by atoms with Gasteiger partial charge in [0, 0.05) is 10.6 Å². The summed E-state index contributed by atoms with van der Waals surface area (Å²) in [5.74, 6) is 1.74. The Hall–Kier alpha value is -2.38. The van der Waals surface area contributed by atoms with Crippen LogP contribution in [0.15, 0.2) is 52.4 Å². The second-order valence-electron chi connectivity index (χ2n) is 7.75. The zero-order valence-corrected chi connectivity index (χ0v) is 18.1. The van der Waals surface area contributed by atoms with Gasteiger partial charge in [0.25, 0.3) is 5.56 Å². The van der Waals surface area contributed by atoms with Crippen LogP contribution < -0.4 is 5.56 Å². The second-order valence-corrected chi connectivity index (χ2v) is 9.78. The Bertz CT molecular complexity index is 1300. The molecule has 0 unspecified atom stereocenters. The number of nitrogens with zero attached hydrogens (tertiary/aromatic N) is 4. The number of hydrogen-bond donors (Lipinski definition) is 0. The predicted octanol–water partition coefficient (Wildman–Crippen LogP) is 5.20. The third kappa shape index (κ3) is 2.95. The van der Waals surface area contributed by atoms with Crippen molar-refractivity contribution in [3.8, 4) is 5.69 Å². The van der Waals surface area contributed by atoms with Crippen LogP contribution in [-0.2, 0) is 6.42 Å². The summed E-state index contributed by atoms with van der Waals surface area (Å²) in [6, 6.07) is 9.75. The van der Waals surface area contributed by atoms with Crippen molar-refractivity contribution in [1.29, 1.82) is 0 Å². The summed E-state index contributed by atoms with van der Waals surface area (Å²) < 4.78 is 3.79. The summed E-state index contributed by atoms with van der Waals surface area (Å²) in [7, 11) is 0. The van der Waals surface area contributed by atoms with Gasteiger partial charge in [-0.2, -0.15) is 0 Å². The summed E-state index contributed by atoms with van der Waals surface area (Å²) in [4.78, 5) is 16.1. The highest BCUT2D eigenvalue weighted by Crippen LogP contribution is 2.41. The number of aryl methyl sites for hydroxylation is 1. The average molecular weight is 423 g/mol. The minimum atomic E-state index is 0.00815. The smallest absolute Gasteiger partial charge is 0.268 e. The first-order valence-corrected chi connectivity index (χ1v) is 11.6. The molecule has 0 saturated heterocycles. The normalized spacial score (nSPS) is 16.4. The molecule has 3 aromatic heterocycles. The molecule has 148 valence electrons. The Labute approximate surface area is 177 Å². The first-order chi connectivity index (χ1) is 14.1. The standard InChI is InChI=1S/C22H22N4OS2/c1-13(2)12-28-22-24-23-21-25(15-9-5-4-6-10-15)19(27)18-17-14(3)8-7-11-16(17)29-20(18)26(21)22/h4-6,9-10,14H,1,7-8,11-12H2,2-3H3/t14-/m1/s1. The van der Waals surface area contributed by atoms with Gasteiger partial charge in [-0.25, -0.2) is 8.97 Å². The van der Waals surface area contributed by atoms with E-state index >= 15 is 0 Å². The van der Waals surface area contributed by atoms with E-state index in [1.165, 1.54) is 16.9 Å².